The molecular formula is C24H43ClF3N7O. The Balaban J connectivity index is 1.47. The monoisotopic (exact) mass is 537 g/mol. The van der Waals surface area contributed by atoms with Crippen LogP contribution in [0.1, 0.15) is 51.4 Å². The van der Waals surface area contributed by atoms with E-state index in [9.17, 15) is 18.0 Å². The molecule has 208 valence electrons. The lowest BCUT2D eigenvalue weighted by molar-refractivity contribution is -0.167. The molecule has 0 radical (unpaired) electrons. The zero-order valence-corrected chi connectivity index (χ0v) is 21.7. The van der Waals surface area contributed by atoms with E-state index in [4.69, 9.17) is 23.1 Å². The summed E-state index contributed by atoms with van der Waals surface area (Å²) in [5.41, 5.74) is 12.6. The van der Waals surface area contributed by atoms with Gasteiger partial charge in [-0.05, 0) is 50.5 Å². The highest BCUT2D eigenvalue weighted by Crippen LogP contribution is 2.47. The Kier molecular flexibility index (Phi) is 9.45. The van der Waals surface area contributed by atoms with Gasteiger partial charge in [-0.2, -0.15) is 13.2 Å². The zero-order valence-electron chi connectivity index (χ0n) is 21.0. The van der Waals surface area contributed by atoms with Gasteiger partial charge in [0.25, 0.3) is 0 Å². The molecule has 1 amide bonds. The number of nitrogens with one attached hydrogen (secondary N) is 4. The molecule has 0 aromatic rings. The summed E-state index contributed by atoms with van der Waals surface area (Å²) in [4.78, 5) is 15.6. The summed E-state index contributed by atoms with van der Waals surface area (Å²) >= 11 is 6.56. The molecule has 4 rings (SSSR count). The number of nitrogens with two attached hydrogens (primary N) is 2. The number of carbonyl (C=O) groups is 1. The van der Waals surface area contributed by atoms with Crippen molar-refractivity contribution in [3.8, 4) is 0 Å². The van der Waals surface area contributed by atoms with Gasteiger partial charge in [-0.25, -0.2) is 0 Å². The quantitative estimate of drug-likeness (QED) is 0.227. The highest BCUT2D eigenvalue weighted by molar-refractivity contribution is 6.20. The standard InChI is InChI=1S/C24H43ClF3N7O/c25-15-3-7-23(5-1-2-6-23)11-16(33-12-15)20(21(29)30)22(36)34-17-13-31-8-4-18(17)35-10-9-32-19(14-35)24(26,27)28/h15-21,31-33H,1-14,29-30H2,(H,34,36). The highest BCUT2D eigenvalue weighted by Gasteiger charge is 2.46. The first-order chi connectivity index (χ1) is 17.1. The molecule has 8 N–H and O–H groups in total. The molecule has 0 aromatic heterocycles. The number of alkyl halides is 4. The predicted octanol–water partition coefficient (Wildman–Crippen LogP) is 0.839. The van der Waals surface area contributed by atoms with E-state index in [1.54, 1.807) is 0 Å². The summed E-state index contributed by atoms with van der Waals surface area (Å²) in [7, 11) is 0. The van der Waals surface area contributed by atoms with E-state index in [0.717, 1.165) is 32.1 Å². The first-order valence-electron chi connectivity index (χ1n) is 13.5. The third kappa shape index (κ3) is 6.84. The number of hydrogen-bond acceptors (Lipinski definition) is 7. The maximum atomic E-state index is 13.7. The van der Waals surface area contributed by atoms with Crippen molar-refractivity contribution in [2.24, 2.45) is 22.8 Å². The third-order valence-corrected chi connectivity index (χ3v) is 9.27. The average Bonchev–Trinajstić information content (AvgIpc) is 3.29. The molecule has 36 heavy (non-hydrogen) atoms. The number of piperazine rings is 1. The van der Waals surface area contributed by atoms with Crippen molar-refractivity contribution in [3.05, 3.63) is 0 Å². The lowest BCUT2D eigenvalue weighted by atomic mass is 9.72. The maximum absolute atomic E-state index is 13.7. The lowest BCUT2D eigenvalue weighted by Gasteiger charge is -2.45. The van der Waals surface area contributed by atoms with Crippen molar-refractivity contribution in [1.82, 2.24) is 26.2 Å². The molecule has 6 unspecified atom stereocenters. The molecule has 3 heterocycles. The maximum Gasteiger partial charge on any atom is 0.405 e. The fraction of sp³-hybridized carbons (Fsp3) is 0.958. The van der Waals surface area contributed by atoms with Crippen molar-refractivity contribution in [3.63, 3.8) is 0 Å². The van der Waals surface area contributed by atoms with Crippen molar-refractivity contribution in [2.45, 2.75) is 93.3 Å². The Morgan fingerprint density at radius 3 is 2.53 bits per heavy atom. The normalized spacial score (nSPS) is 35.4. The van der Waals surface area contributed by atoms with Gasteiger partial charge in [-0.3, -0.25) is 9.69 Å². The molecule has 3 saturated heterocycles. The first-order valence-corrected chi connectivity index (χ1v) is 14.0. The van der Waals surface area contributed by atoms with Crippen LogP contribution in [0.4, 0.5) is 13.2 Å². The minimum Gasteiger partial charge on any atom is -0.350 e. The van der Waals surface area contributed by atoms with E-state index in [2.05, 4.69) is 21.3 Å². The fourth-order valence-electron chi connectivity index (χ4n) is 6.94. The summed E-state index contributed by atoms with van der Waals surface area (Å²) in [5.74, 6) is -0.887. The van der Waals surface area contributed by atoms with E-state index >= 15 is 0 Å². The Bertz CT molecular complexity index is 737. The second-order valence-corrected chi connectivity index (χ2v) is 12.0. The smallest absolute Gasteiger partial charge is 0.350 e. The van der Waals surface area contributed by atoms with Crippen LogP contribution in [-0.4, -0.2) is 92.0 Å². The number of carbonyl (C=O) groups excluding carboxylic acids is 1. The van der Waals surface area contributed by atoms with Crippen molar-refractivity contribution < 1.29 is 18.0 Å². The molecule has 4 aliphatic rings. The van der Waals surface area contributed by atoms with Gasteiger partial charge in [0, 0.05) is 50.2 Å². The lowest BCUT2D eigenvalue weighted by Crippen LogP contribution is -2.67. The van der Waals surface area contributed by atoms with Crippen molar-refractivity contribution in [2.75, 3.05) is 39.3 Å². The van der Waals surface area contributed by atoms with E-state index < -0.39 is 24.3 Å². The Hall–Kier alpha value is -0.690. The van der Waals surface area contributed by atoms with Crippen molar-refractivity contribution in [1.29, 1.82) is 0 Å². The zero-order chi connectivity index (χ0) is 25.9. The number of amides is 1. The number of rotatable bonds is 5. The summed E-state index contributed by atoms with van der Waals surface area (Å²) in [6.07, 6.45) is 2.94. The summed E-state index contributed by atoms with van der Waals surface area (Å²) < 4.78 is 40.2. The molecule has 6 atom stereocenters. The topological polar surface area (TPSA) is 120 Å². The molecule has 0 aromatic carbocycles. The first kappa shape index (κ1) is 28.3. The average molecular weight is 538 g/mol. The molecule has 8 nitrogen and oxygen atoms in total. The minimum absolute atomic E-state index is 0.0100. The largest absolute Gasteiger partial charge is 0.405 e. The molecule has 12 heteroatoms. The van der Waals surface area contributed by atoms with Crippen LogP contribution < -0.4 is 32.7 Å². The van der Waals surface area contributed by atoms with Gasteiger partial charge >= 0.3 is 6.18 Å². The van der Waals surface area contributed by atoms with Crippen LogP contribution in [0.15, 0.2) is 0 Å². The number of hydrogen-bond donors (Lipinski definition) is 6. The molecule has 1 spiro atoms. The van der Waals surface area contributed by atoms with Gasteiger partial charge in [0.2, 0.25) is 5.91 Å². The Morgan fingerprint density at radius 1 is 1.08 bits per heavy atom. The SMILES string of the molecule is NC(N)C(C(=O)NC1CNCCC1N1CCNC(C(F)(F)F)C1)C1CC2(CCCC2)CCC(Cl)CN1. The molecule has 0 bridgehead atoms. The van der Waals surface area contributed by atoms with E-state index in [-0.39, 0.29) is 47.9 Å². The molecule has 3 aliphatic heterocycles. The number of piperidine rings is 1. The van der Waals surface area contributed by atoms with Crippen LogP contribution in [0.5, 0.6) is 0 Å². The van der Waals surface area contributed by atoms with Crippen molar-refractivity contribution >= 4 is 17.5 Å². The van der Waals surface area contributed by atoms with Gasteiger partial charge in [0.1, 0.15) is 6.04 Å². The van der Waals surface area contributed by atoms with Crippen LogP contribution in [0.3, 0.4) is 0 Å². The van der Waals surface area contributed by atoms with Crippen LogP contribution in [0, 0.1) is 11.3 Å². The summed E-state index contributed by atoms with van der Waals surface area (Å²) in [5, 5.41) is 12.5. The highest BCUT2D eigenvalue weighted by atomic mass is 35.5. The van der Waals surface area contributed by atoms with E-state index in [0.29, 0.717) is 32.6 Å². The minimum atomic E-state index is -4.30. The molecule has 1 saturated carbocycles. The van der Waals surface area contributed by atoms with Gasteiger partial charge in [-0.1, -0.05) is 12.8 Å². The summed E-state index contributed by atoms with van der Waals surface area (Å²) in [6, 6.07) is -2.27. The number of halogens is 4. The van der Waals surface area contributed by atoms with Crippen LogP contribution >= 0.6 is 11.6 Å². The second kappa shape index (κ2) is 12.0. The van der Waals surface area contributed by atoms with Gasteiger partial charge < -0.3 is 32.7 Å². The van der Waals surface area contributed by atoms with Gasteiger partial charge in [-0.15, -0.1) is 11.6 Å². The van der Waals surface area contributed by atoms with E-state index in [1.807, 2.05) is 4.90 Å². The third-order valence-electron chi connectivity index (χ3n) is 8.90. The molecule has 4 fully saturated rings. The van der Waals surface area contributed by atoms with E-state index in [1.165, 1.54) is 12.8 Å². The molecular weight excluding hydrogens is 495 g/mol. The number of nitrogens with zero attached hydrogens (tertiary/aromatic N) is 1. The van der Waals surface area contributed by atoms with Crippen LogP contribution in [0.25, 0.3) is 0 Å². The predicted molar refractivity (Wildman–Crippen MR) is 134 cm³/mol. The molecule has 1 aliphatic carbocycles. The van der Waals surface area contributed by atoms with Crippen LogP contribution in [-0.2, 0) is 4.79 Å². The van der Waals surface area contributed by atoms with Gasteiger partial charge in [0.05, 0.1) is 18.1 Å². The van der Waals surface area contributed by atoms with Crippen LogP contribution in [0.2, 0.25) is 0 Å². The Morgan fingerprint density at radius 2 is 1.83 bits per heavy atom. The Labute approximate surface area is 217 Å². The van der Waals surface area contributed by atoms with Gasteiger partial charge in [0.15, 0.2) is 0 Å². The summed E-state index contributed by atoms with van der Waals surface area (Å²) in [6.45, 7) is 2.43. The second-order valence-electron chi connectivity index (χ2n) is 11.4. The fourth-order valence-corrected chi connectivity index (χ4v) is 7.14.